The Morgan fingerprint density at radius 2 is 1.90 bits per heavy atom. The monoisotopic (exact) mass is 437 g/mol. The molecular weight excluding hydrogens is 422 g/mol. The summed E-state index contributed by atoms with van der Waals surface area (Å²) in [5.41, 5.74) is 1.02. The van der Waals surface area contributed by atoms with Gasteiger partial charge in [-0.05, 0) is 46.2 Å². The van der Waals surface area contributed by atoms with Crippen LogP contribution in [-0.2, 0) is 10.1 Å². The molecule has 6 nitrogen and oxygen atoms in total. The van der Waals surface area contributed by atoms with Crippen LogP contribution in [0.25, 0.3) is 24.0 Å². The molecule has 0 atom stereocenters. The topological polar surface area (TPSA) is 65.1 Å². The van der Waals surface area contributed by atoms with Gasteiger partial charge in [0.2, 0.25) is 6.79 Å². The molecule has 6 rings (SSSR count). The number of rotatable bonds is 3. The quantitative estimate of drug-likeness (QED) is 0.562. The first-order valence-electron chi connectivity index (χ1n) is 9.30. The Labute approximate surface area is 176 Å². The first-order valence-corrected chi connectivity index (χ1v) is 11.6. The van der Waals surface area contributed by atoms with Gasteiger partial charge in [-0.15, -0.1) is 11.3 Å². The highest BCUT2D eigenvalue weighted by molar-refractivity contribution is 7.89. The molecule has 1 aromatic heterocycles. The van der Waals surface area contributed by atoms with E-state index in [9.17, 15) is 8.42 Å². The molecular formula is C22H15NO5S2. The summed E-state index contributed by atoms with van der Waals surface area (Å²) in [5, 5.41) is 5.48. The van der Waals surface area contributed by atoms with Crippen molar-refractivity contribution in [2.75, 3.05) is 13.3 Å². The number of nitrogens with zero attached hydrogens (tertiary/aromatic N) is 1. The molecule has 3 aromatic rings. The predicted molar refractivity (Wildman–Crippen MR) is 113 cm³/mol. The molecule has 3 aliphatic rings. The first kappa shape index (κ1) is 17.6. The molecule has 0 radical (unpaired) electrons. The molecule has 0 saturated carbocycles. The fraction of sp³-hybridized carbons (Fsp3) is 0.0909. The average Bonchev–Trinajstić information content (AvgIpc) is 3.43. The van der Waals surface area contributed by atoms with Crippen LogP contribution in [0, 0.1) is 0 Å². The van der Waals surface area contributed by atoms with E-state index in [1.165, 1.54) is 6.07 Å². The number of benzene rings is 2. The summed E-state index contributed by atoms with van der Waals surface area (Å²) >= 11 is 1.13. The van der Waals surface area contributed by atoms with Gasteiger partial charge in [0.05, 0.1) is 0 Å². The molecule has 0 amide bonds. The lowest BCUT2D eigenvalue weighted by molar-refractivity contribution is 0.174. The van der Waals surface area contributed by atoms with E-state index < -0.39 is 10.1 Å². The van der Waals surface area contributed by atoms with E-state index in [0.717, 1.165) is 49.4 Å². The SMILES string of the molecule is O=S(=O)(Oc1cccc2c1=CN1CC=c3cc4c(cc3=C1C=2)OCO4)c1cccs1. The van der Waals surface area contributed by atoms with Crippen LogP contribution in [0.5, 0.6) is 17.2 Å². The Kier molecular flexibility index (Phi) is 3.75. The van der Waals surface area contributed by atoms with E-state index in [2.05, 4.69) is 11.0 Å². The van der Waals surface area contributed by atoms with Crippen LogP contribution in [0.15, 0.2) is 52.1 Å². The average molecular weight is 437 g/mol. The van der Waals surface area contributed by atoms with Crippen molar-refractivity contribution in [2.45, 2.75) is 4.21 Å². The van der Waals surface area contributed by atoms with Gasteiger partial charge in [-0.25, -0.2) is 0 Å². The van der Waals surface area contributed by atoms with Crippen LogP contribution < -0.4 is 34.5 Å². The predicted octanol–water partition coefficient (Wildman–Crippen LogP) is 0.681. The lowest BCUT2D eigenvalue weighted by Crippen LogP contribution is -2.43. The zero-order chi connectivity index (χ0) is 20.3. The summed E-state index contributed by atoms with van der Waals surface area (Å²) in [6.07, 6.45) is 6.10. The van der Waals surface area contributed by atoms with Gasteiger partial charge in [0.15, 0.2) is 21.5 Å². The minimum atomic E-state index is -3.87. The second kappa shape index (κ2) is 6.38. The third-order valence-electron chi connectivity index (χ3n) is 5.26. The van der Waals surface area contributed by atoms with Crippen molar-refractivity contribution in [1.29, 1.82) is 0 Å². The van der Waals surface area contributed by atoms with Gasteiger partial charge in [-0.3, -0.25) is 0 Å². The van der Waals surface area contributed by atoms with Gasteiger partial charge in [0, 0.05) is 28.9 Å². The molecule has 4 heterocycles. The van der Waals surface area contributed by atoms with Crippen LogP contribution in [0.3, 0.4) is 0 Å². The largest absolute Gasteiger partial charge is 0.454 e. The smallest absolute Gasteiger partial charge is 0.348 e. The molecule has 0 saturated heterocycles. The summed E-state index contributed by atoms with van der Waals surface area (Å²) in [6.45, 7) is 0.888. The Balaban J connectivity index is 1.52. The van der Waals surface area contributed by atoms with Gasteiger partial charge in [-0.2, -0.15) is 8.42 Å². The molecule has 0 aliphatic carbocycles. The standard InChI is InChI=1S/C22H15NO5S2/c24-30(25,22-5-2-8-29-22)28-19-4-1-3-14-9-18-16-11-21-20(26-13-27-21)10-15(16)6-7-23(18)12-17(14)19/h1-6,8-12H,7,13H2. The third kappa shape index (κ3) is 2.72. The fourth-order valence-corrected chi connectivity index (χ4v) is 5.74. The molecule has 8 heteroatoms. The Hall–Kier alpha value is -3.23. The lowest BCUT2D eigenvalue weighted by Gasteiger charge is -2.26. The minimum Gasteiger partial charge on any atom is -0.454 e. The van der Waals surface area contributed by atoms with E-state index in [4.69, 9.17) is 13.7 Å². The zero-order valence-electron chi connectivity index (χ0n) is 15.6. The summed E-state index contributed by atoms with van der Waals surface area (Å²) < 4.78 is 42.0. The lowest BCUT2D eigenvalue weighted by atomic mass is 10.0. The van der Waals surface area contributed by atoms with E-state index in [1.54, 1.807) is 23.6 Å². The molecule has 0 N–H and O–H groups in total. The van der Waals surface area contributed by atoms with Gasteiger partial charge >= 0.3 is 10.1 Å². The molecule has 3 aliphatic heterocycles. The Morgan fingerprint density at radius 3 is 2.73 bits per heavy atom. The summed E-state index contributed by atoms with van der Waals surface area (Å²) in [7, 11) is -3.87. The maximum absolute atomic E-state index is 12.6. The van der Waals surface area contributed by atoms with Gasteiger partial charge in [0.25, 0.3) is 0 Å². The van der Waals surface area contributed by atoms with Crippen molar-refractivity contribution in [3.63, 3.8) is 0 Å². The van der Waals surface area contributed by atoms with Crippen LogP contribution in [0.1, 0.15) is 0 Å². The van der Waals surface area contributed by atoms with Crippen molar-refractivity contribution < 1.29 is 22.1 Å². The van der Waals surface area contributed by atoms with E-state index in [0.29, 0.717) is 12.3 Å². The number of ether oxygens (including phenoxy) is 2. The zero-order valence-corrected chi connectivity index (χ0v) is 17.2. The van der Waals surface area contributed by atoms with Crippen molar-refractivity contribution in [2.24, 2.45) is 0 Å². The van der Waals surface area contributed by atoms with Gasteiger partial charge in [-0.1, -0.05) is 24.3 Å². The summed E-state index contributed by atoms with van der Waals surface area (Å²) in [5.74, 6) is 1.80. The second-order valence-electron chi connectivity index (χ2n) is 7.04. The van der Waals surface area contributed by atoms with Gasteiger partial charge < -0.3 is 18.6 Å². The third-order valence-corrected chi connectivity index (χ3v) is 7.85. The van der Waals surface area contributed by atoms with Gasteiger partial charge in [0.1, 0.15) is 0 Å². The molecule has 0 fully saturated rings. The van der Waals surface area contributed by atoms with Crippen molar-refractivity contribution in [3.8, 4) is 17.2 Å². The van der Waals surface area contributed by atoms with E-state index in [1.807, 2.05) is 30.5 Å². The molecule has 0 spiro atoms. The number of fused-ring (bicyclic) bond motifs is 4. The highest BCUT2D eigenvalue weighted by atomic mass is 32.3. The summed E-state index contributed by atoms with van der Waals surface area (Å²) in [6, 6.07) is 12.6. The maximum atomic E-state index is 12.6. The van der Waals surface area contributed by atoms with E-state index in [-0.39, 0.29) is 11.0 Å². The normalized spacial score (nSPS) is 15.9. The van der Waals surface area contributed by atoms with Crippen molar-refractivity contribution in [3.05, 3.63) is 68.7 Å². The van der Waals surface area contributed by atoms with Crippen LogP contribution in [0.2, 0.25) is 0 Å². The first-order chi connectivity index (χ1) is 14.6. The fourth-order valence-electron chi connectivity index (χ4n) is 3.85. The molecule has 150 valence electrons. The number of thiophene rings is 1. The number of hydrogen-bond donors (Lipinski definition) is 0. The highest BCUT2D eigenvalue weighted by Gasteiger charge is 2.22. The molecule has 0 unspecified atom stereocenters. The van der Waals surface area contributed by atoms with Crippen LogP contribution >= 0.6 is 11.3 Å². The molecule has 0 bridgehead atoms. The minimum absolute atomic E-state index is 0.184. The van der Waals surface area contributed by atoms with Crippen LogP contribution in [-0.4, -0.2) is 26.7 Å². The Bertz CT molecular complexity index is 1540. The summed E-state index contributed by atoms with van der Waals surface area (Å²) in [4.78, 5) is 2.08. The molecule has 30 heavy (non-hydrogen) atoms. The second-order valence-corrected chi connectivity index (χ2v) is 9.76. The highest BCUT2D eigenvalue weighted by Crippen LogP contribution is 2.29. The number of hydrogen-bond acceptors (Lipinski definition) is 7. The van der Waals surface area contributed by atoms with Crippen molar-refractivity contribution >= 4 is 45.5 Å². The van der Waals surface area contributed by atoms with Crippen molar-refractivity contribution in [1.82, 2.24) is 4.90 Å². The maximum Gasteiger partial charge on any atom is 0.348 e. The Morgan fingerprint density at radius 1 is 1.03 bits per heavy atom. The van der Waals surface area contributed by atoms with E-state index >= 15 is 0 Å². The van der Waals surface area contributed by atoms with Crippen LogP contribution in [0.4, 0.5) is 0 Å². The molecule has 2 aromatic carbocycles.